The van der Waals surface area contributed by atoms with Gasteiger partial charge in [-0.2, -0.15) is 0 Å². The number of nitrogens with zero attached hydrogens (tertiary/aromatic N) is 1. The maximum absolute atomic E-state index is 13.3. The second-order valence-corrected chi connectivity index (χ2v) is 9.90. The number of carbonyl (C=O) groups excluding carboxylic acids is 1. The third-order valence-electron chi connectivity index (χ3n) is 7.85. The summed E-state index contributed by atoms with van der Waals surface area (Å²) >= 11 is 0. The Hall–Kier alpha value is -3.23. The lowest BCUT2D eigenvalue weighted by Crippen LogP contribution is -3.06. The standard InChI is InChI=1S/C28H27N3O4/c1-28(15-34-2)31-20-11-6-4-9-17(20)22-18-14-29-27(33)24(18)23-16-8-3-5-10-19(16)30(25(23)26(22)31)21(35-28)12-7-13-32/h3-6,8-11,21,32H,7,12-15H2,1-2H3,(H,29,33)/p+1. The summed E-state index contributed by atoms with van der Waals surface area (Å²) in [5.41, 5.74) is 7.53. The van der Waals surface area contributed by atoms with Crippen LogP contribution in [-0.2, 0) is 21.7 Å². The first-order chi connectivity index (χ1) is 17.1. The molecule has 3 aliphatic rings. The van der Waals surface area contributed by atoms with E-state index in [4.69, 9.17) is 9.47 Å². The third-order valence-corrected chi connectivity index (χ3v) is 7.85. The maximum Gasteiger partial charge on any atom is 0.252 e. The number of aliphatic hydroxyl groups is 1. The second kappa shape index (κ2) is 7.38. The molecule has 0 saturated heterocycles. The van der Waals surface area contributed by atoms with Crippen molar-refractivity contribution in [2.24, 2.45) is 0 Å². The number of aliphatic hydroxyl groups excluding tert-OH is 1. The van der Waals surface area contributed by atoms with Crippen molar-refractivity contribution in [2.75, 3.05) is 20.3 Å². The Morgan fingerprint density at radius 2 is 2.00 bits per heavy atom. The molecule has 4 heterocycles. The highest BCUT2D eigenvalue weighted by atomic mass is 16.6. The topological polar surface area (TPSA) is 77.2 Å². The van der Waals surface area contributed by atoms with Crippen molar-refractivity contribution in [3.8, 4) is 11.1 Å². The van der Waals surface area contributed by atoms with Crippen LogP contribution in [0, 0.1) is 0 Å². The van der Waals surface area contributed by atoms with E-state index in [0.29, 0.717) is 26.0 Å². The Morgan fingerprint density at radius 1 is 1.20 bits per heavy atom. The molecule has 178 valence electrons. The van der Waals surface area contributed by atoms with Crippen LogP contribution in [-0.4, -0.2) is 42.1 Å². The van der Waals surface area contributed by atoms with Crippen LogP contribution < -0.4 is 10.2 Å². The average molecular weight is 471 g/mol. The number of benzene rings is 3. The number of para-hydroxylation sites is 2. The summed E-state index contributed by atoms with van der Waals surface area (Å²) in [7, 11) is 1.70. The Morgan fingerprint density at radius 3 is 2.83 bits per heavy atom. The van der Waals surface area contributed by atoms with Crippen LogP contribution in [0.2, 0.25) is 0 Å². The number of methoxy groups -OCH3 is 1. The highest BCUT2D eigenvalue weighted by Gasteiger charge is 2.51. The van der Waals surface area contributed by atoms with Gasteiger partial charge in [0.05, 0.1) is 28.8 Å². The predicted octanol–water partition coefficient (Wildman–Crippen LogP) is 3.31. The predicted molar refractivity (Wildman–Crippen MR) is 133 cm³/mol. The van der Waals surface area contributed by atoms with Gasteiger partial charge in [-0.05, 0) is 31.0 Å². The van der Waals surface area contributed by atoms with Crippen LogP contribution in [0.5, 0.6) is 0 Å². The minimum absolute atomic E-state index is 0.0160. The molecule has 0 spiro atoms. The van der Waals surface area contributed by atoms with Crippen LogP contribution in [0.25, 0.3) is 32.9 Å². The normalized spacial score (nSPS) is 24.0. The van der Waals surface area contributed by atoms with Crippen molar-refractivity contribution in [3.05, 3.63) is 59.7 Å². The Kier molecular flexibility index (Phi) is 4.45. The van der Waals surface area contributed by atoms with Gasteiger partial charge in [0, 0.05) is 43.5 Å². The summed E-state index contributed by atoms with van der Waals surface area (Å²) < 4.78 is 15.1. The highest BCUT2D eigenvalue weighted by molar-refractivity contribution is 6.22. The van der Waals surface area contributed by atoms with Gasteiger partial charge in [0.15, 0.2) is 11.4 Å². The Bertz CT molecular complexity index is 1540. The molecule has 0 bridgehead atoms. The fraction of sp³-hybridized carbons (Fsp3) is 0.321. The van der Waals surface area contributed by atoms with Gasteiger partial charge in [-0.25, -0.2) is 4.90 Å². The van der Waals surface area contributed by atoms with Gasteiger partial charge in [0.25, 0.3) is 5.91 Å². The van der Waals surface area contributed by atoms with E-state index in [-0.39, 0.29) is 18.7 Å². The van der Waals surface area contributed by atoms with Gasteiger partial charge in [-0.15, -0.1) is 0 Å². The quantitative estimate of drug-likeness (QED) is 0.418. The van der Waals surface area contributed by atoms with Crippen LogP contribution in [0.4, 0.5) is 11.4 Å². The average Bonchev–Trinajstić information content (AvgIpc) is 3.49. The van der Waals surface area contributed by atoms with Gasteiger partial charge >= 0.3 is 0 Å². The molecule has 3 unspecified atom stereocenters. The molecule has 0 radical (unpaired) electrons. The van der Waals surface area contributed by atoms with Crippen LogP contribution >= 0.6 is 0 Å². The molecule has 7 heteroatoms. The molecule has 0 saturated carbocycles. The molecule has 3 aromatic carbocycles. The maximum atomic E-state index is 13.3. The lowest BCUT2D eigenvalue weighted by Gasteiger charge is -2.34. The van der Waals surface area contributed by atoms with E-state index in [0.717, 1.165) is 60.3 Å². The van der Waals surface area contributed by atoms with Crippen molar-refractivity contribution in [2.45, 2.75) is 38.3 Å². The van der Waals surface area contributed by atoms with Gasteiger partial charge < -0.3 is 19.7 Å². The van der Waals surface area contributed by atoms with E-state index in [1.54, 1.807) is 7.11 Å². The SMILES string of the molecule is COCC1(C)OC(CCCO)[NH+]2c3ccccc3-c3c4c(c5c6ccccc6n1c5c32)CNC4=O. The number of fused-ring (bicyclic) bond motifs is 9. The molecule has 4 aromatic rings. The number of rotatable bonds is 5. The van der Waals surface area contributed by atoms with Gasteiger partial charge in [-0.1, -0.05) is 30.3 Å². The number of quaternary nitrogens is 1. The molecule has 0 aliphatic carbocycles. The van der Waals surface area contributed by atoms with E-state index in [1.165, 1.54) is 0 Å². The molecular formula is C28H28N3O4+. The van der Waals surface area contributed by atoms with E-state index in [1.807, 2.05) is 12.1 Å². The highest BCUT2D eigenvalue weighted by Crippen LogP contribution is 2.52. The lowest BCUT2D eigenvalue weighted by atomic mass is 9.93. The molecular weight excluding hydrogens is 442 g/mol. The first kappa shape index (κ1) is 21.1. The monoisotopic (exact) mass is 470 g/mol. The first-order valence-corrected chi connectivity index (χ1v) is 12.2. The molecule has 1 aromatic heterocycles. The smallest absolute Gasteiger partial charge is 0.252 e. The summed E-state index contributed by atoms with van der Waals surface area (Å²) in [6, 6.07) is 16.7. The van der Waals surface area contributed by atoms with Crippen LogP contribution in [0.3, 0.4) is 0 Å². The summed E-state index contributed by atoms with van der Waals surface area (Å²) in [6.07, 6.45) is 1.04. The summed E-state index contributed by atoms with van der Waals surface area (Å²) in [6.45, 7) is 3.07. The van der Waals surface area contributed by atoms with Gasteiger partial charge in [0.1, 0.15) is 11.2 Å². The Balaban J connectivity index is 1.71. The molecule has 3 aliphatic heterocycles. The number of aromatic nitrogens is 1. The van der Waals surface area contributed by atoms with Crippen molar-refractivity contribution < 1.29 is 24.3 Å². The molecule has 3 N–H and O–H groups in total. The minimum atomic E-state index is -0.777. The zero-order valence-electron chi connectivity index (χ0n) is 19.9. The molecule has 7 rings (SSSR count). The number of ether oxygens (including phenoxy) is 2. The van der Waals surface area contributed by atoms with Crippen molar-refractivity contribution in [1.29, 1.82) is 0 Å². The van der Waals surface area contributed by atoms with E-state index < -0.39 is 5.72 Å². The molecule has 1 amide bonds. The minimum Gasteiger partial charge on any atom is -0.396 e. The third kappa shape index (κ3) is 2.61. The lowest BCUT2D eigenvalue weighted by molar-refractivity contribution is -0.822. The fourth-order valence-corrected chi connectivity index (χ4v) is 6.68. The zero-order chi connectivity index (χ0) is 23.9. The largest absolute Gasteiger partial charge is 0.396 e. The van der Waals surface area contributed by atoms with Crippen molar-refractivity contribution >= 4 is 39.1 Å². The van der Waals surface area contributed by atoms with Gasteiger partial charge in [-0.3, -0.25) is 9.53 Å². The molecule has 35 heavy (non-hydrogen) atoms. The number of carbonyl (C=O) groups is 1. The van der Waals surface area contributed by atoms with E-state index in [2.05, 4.69) is 53.2 Å². The molecule has 0 fully saturated rings. The number of amides is 1. The fourth-order valence-electron chi connectivity index (χ4n) is 6.68. The van der Waals surface area contributed by atoms with E-state index >= 15 is 0 Å². The first-order valence-electron chi connectivity index (χ1n) is 12.2. The van der Waals surface area contributed by atoms with Gasteiger partial charge in [0.2, 0.25) is 6.23 Å². The number of nitrogens with one attached hydrogen (secondary N) is 2. The van der Waals surface area contributed by atoms with Crippen LogP contribution in [0.15, 0.2) is 48.5 Å². The number of hydrogen-bond donors (Lipinski definition) is 3. The summed E-state index contributed by atoms with van der Waals surface area (Å²) in [5.74, 6) is -0.0160. The second-order valence-electron chi connectivity index (χ2n) is 9.90. The van der Waals surface area contributed by atoms with Crippen molar-refractivity contribution in [1.82, 2.24) is 9.88 Å². The Labute approximate surface area is 202 Å². The molecule has 7 nitrogen and oxygen atoms in total. The summed E-state index contributed by atoms with van der Waals surface area (Å²) in [4.78, 5) is 14.4. The van der Waals surface area contributed by atoms with E-state index in [9.17, 15) is 9.90 Å². The number of hydrogen-bond acceptors (Lipinski definition) is 4. The molecule has 3 atom stereocenters. The summed E-state index contributed by atoms with van der Waals surface area (Å²) in [5, 5.41) is 15.1. The zero-order valence-corrected chi connectivity index (χ0v) is 19.9. The van der Waals surface area contributed by atoms with Crippen LogP contribution in [0.1, 0.15) is 35.7 Å². The van der Waals surface area contributed by atoms with Crippen molar-refractivity contribution in [3.63, 3.8) is 0 Å².